The summed E-state index contributed by atoms with van der Waals surface area (Å²) in [5.74, 6) is 0.289. The zero-order chi connectivity index (χ0) is 26.7. The Morgan fingerprint density at radius 1 is 1.08 bits per heavy atom. The molecule has 0 bridgehead atoms. The summed E-state index contributed by atoms with van der Waals surface area (Å²) in [5, 5.41) is 31.6. The second kappa shape index (κ2) is 11.0. The highest BCUT2D eigenvalue weighted by Gasteiger charge is 2.32. The maximum absolute atomic E-state index is 11.7. The molecule has 1 aliphatic carbocycles. The van der Waals surface area contributed by atoms with Crippen molar-refractivity contribution >= 4 is 5.97 Å². The molecule has 1 aliphatic rings. The highest BCUT2D eigenvalue weighted by atomic mass is 16.5. The number of carboxylic acids is 1. The van der Waals surface area contributed by atoms with Gasteiger partial charge in [-0.15, -0.1) is 0 Å². The number of nitrogens with zero attached hydrogens (tertiary/aromatic N) is 1. The van der Waals surface area contributed by atoms with Crippen LogP contribution in [-0.4, -0.2) is 40.1 Å². The lowest BCUT2D eigenvalue weighted by Crippen LogP contribution is -2.23. The average Bonchev–Trinajstić information content (AvgIpc) is 3.47. The first-order valence-corrected chi connectivity index (χ1v) is 12.7. The number of fused-ring (bicyclic) bond motifs is 1. The van der Waals surface area contributed by atoms with Gasteiger partial charge in [0, 0.05) is 24.9 Å². The van der Waals surface area contributed by atoms with Crippen molar-refractivity contribution in [3.8, 4) is 11.5 Å². The summed E-state index contributed by atoms with van der Waals surface area (Å²) in [5.41, 5.74) is 3.44. The number of ether oxygens (including phenoxy) is 2. The first-order chi connectivity index (χ1) is 17.6. The number of carbonyl (C=O) groups is 1. The Morgan fingerprint density at radius 3 is 2.19 bits per heavy atom. The van der Waals surface area contributed by atoms with E-state index in [2.05, 4.69) is 24.3 Å². The van der Waals surface area contributed by atoms with Gasteiger partial charge in [0.25, 0.3) is 0 Å². The molecule has 7 nitrogen and oxygen atoms in total. The second-order valence-corrected chi connectivity index (χ2v) is 10.6. The fourth-order valence-electron chi connectivity index (χ4n) is 5.68. The molecule has 3 aromatic rings. The molecule has 0 fully saturated rings. The number of rotatable bonds is 11. The van der Waals surface area contributed by atoms with Crippen LogP contribution in [0.15, 0.2) is 54.9 Å². The molecular weight excluding hydrogens is 470 g/mol. The van der Waals surface area contributed by atoms with Gasteiger partial charge in [-0.25, -0.2) is 0 Å². The lowest BCUT2D eigenvalue weighted by atomic mass is 9.84. The molecule has 1 heterocycles. The van der Waals surface area contributed by atoms with Gasteiger partial charge >= 0.3 is 5.97 Å². The van der Waals surface area contributed by atoms with Crippen LogP contribution in [0.2, 0.25) is 0 Å². The van der Waals surface area contributed by atoms with E-state index in [0.29, 0.717) is 35.1 Å². The monoisotopic (exact) mass is 507 g/mol. The summed E-state index contributed by atoms with van der Waals surface area (Å²) in [6.07, 6.45) is 5.59. The highest BCUT2D eigenvalue weighted by molar-refractivity contribution is 5.70. The molecule has 2 aromatic carbocycles. The Hall–Kier alpha value is -3.29. The minimum atomic E-state index is -1.19. The Balaban J connectivity index is 1.65. The molecule has 1 aromatic heterocycles. The molecule has 4 rings (SSSR count). The number of methoxy groups -OCH3 is 2. The third-order valence-corrected chi connectivity index (χ3v) is 7.31. The zero-order valence-corrected chi connectivity index (χ0v) is 22.0. The Kier molecular flexibility index (Phi) is 7.95. The van der Waals surface area contributed by atoms with Gasteiger partial charge in [0.1, 0.15) is 11.5 Å². The van der Waals surface area contributed by atoms with E-state index in [1.807, 2.05) is 23.0 Å². The van der Waals surface area contributed by atoms with Crippen LogP contribution < -0.4 is 9.47 Å². The second-order valence-electron chi connectivity index (χ2n) is 10.6. The van der Waals surface area contributed by atoms with Gasteiger partial charge in [-0.3, -0.25) is 4.79 Å². The summed E-state index contributed by atoms with van der Waals surface area (Å²) in [4.78, 5) is 11.2. The topological polar surface area (TPSA) is 101 Å². The molecular formula is C30H37NO6. The number of aliphatic hydroxyl groups is 2. The van der Waals surface area contributed by atoms with Gasteiger partial charge in [-0.1, -0.05) is 24.3 Å². The van der Waals surface area contributed by atoms with Crippen molar-refractivity contribution in [2.75, 3.05) is 14.2 Å². The number of aliphatic hydroxyl groups excluding tert-OH is 1. The average molecular weight is 508 g/mol. The molecule has 0 saturated carbocycles. The zero-order valence-electron chi connectivity index (χ0n) is 22.0. The normalized spacial score (nSPS) is 15.3. The predicted octanol–water partition coefficient (Wildman–Crippen LogP) is 4.51. The van der Waals surface area contributed by atoms with Crippen LogP contribution in [0, 0.1) is 11.8 Å². The van der Waals surface area contributed by atoms with Crippen LogP contribution in [0.3, 0.4) is 0 Å². The van der Waals surface area contributed by atoms with E-state index >= 15 is 0 Å². The molecule has 0 unspecified atom stereocenters. The van der Waals surface area contributed by atoms with E-state index in [1.165, 1.54) is 25.3 Å². The first kappa shape index (κ1) is 26.8. The maximum atomic E-state index is 11.7. The molecule has 0 saturated heterocycles. The Bertz CT molecular complexity index is 1190. The van der Waals surface area contributed by atoms with Gasteiger partial charge in [0.05, 0.1) is 37.9 Å². The van der Waals surface area contributed by atoms with E-state index in [4.69, 9.17) is 14.6 Å². The van der Waals surface area contributed by atoms with Gasteiger partial charge in [-0.2, -0.15) is 0 Å². The summed E-state index contributed by atoms with van der Waals surface area (Å²) in [7, 11) is 3.08. The smallest absolute Gasteiger partial charge is 0.307 e. The van der Waals surface area contributed by atoms with Crippen molar-refractivity contribution in [1.82, 2.24) is 4.57 Å². The predicted molar refractivity (Wildman–Crippen MR) is 141 cm³/mol. The van der Waals surface area contributed by atoms with Crippen LogP contribution in [-0.2, 0) is 36.2 Å². The van der Waals surface area contributed by atoms with Crippen LogP contribution in [0.25, 0.3) is 0 Å². The van der Waals surface area contributed by atoms with E-state index in [9.17, 15) is 15.0 Å². The lowest BCUT2D eigenvalue weighted by molar-refractivity contribution is -0.136. The van der Waals surface area contributed by atoms with E-state index in [0.717, 1.165) is 24.8 Å². The van der Waals surface area contributed by atoms with Crippen molar-refractivity contribution in [2.45, 2.75) is 57.8 Å². The SMILES string of the molecule is COc1cc([C@@H](O)[C@H](CC2Cc3ccccc3C2)Cn2ccc(CC(=O)O)c2)cc(OC)c1C(C)(C)O. The van der Waals surface area contributed by atoms with Crippen LogP contribution in [0.1, 0.15) is 54.2 Å². The van der Waals surface area contributed by atoms with Crippen molar-refractivity contribution in [1.29, 1.82) is 0 Å². The van der Waals surface area contributed by atoms with Crippen molar-refractivity contribution in [2.24, 2.45) is 11.8 Å². The van der Waals surface area contributed by atoms with Crippen LogP contribution in [0.4, 0.5) is 0 Å². The quantitative estimate of drug-likeness (QED) is 0.353. The van der Waals surface area contributed by atoms with Crippen LogP contribution >= 0.6 is 0 Å². The van der Waals surface area contributed by atoms with Gasteiger partial charge in [-0.05, 0) is 79.5 Å². The van der Waals surface area contributed by atoms with E-state index in [1.54, 1.807) is 26.0 Å². The standard InChI is InChI=1S/C30H37NO6/c1-30(2,35)28-25(36-3)15-23(16-26(28)37-4)29(34)24(18-31-10-9-19(17-31)14-27(32)33)13-20-11-21-7-5-6-8-22(21)12-20/h5-10,15-17,20,24,29,34-35H,11-14,18H2,1-4H3,(H,32,33)/t24-,29-/m1/s1. The fourth-order valence-corrected chi connectivity index (χ4v) is 5.68. The minimum absolute atomic E-state index is 0.0367. The number of carboxylic acid groups (broad SMARTS) is 1. The number of aliphatic carboxylic acids is 1. The van der Waals surface area contributed by atoms with Gasteiger partial charge in [0.2, 0.25) is 0 Å². The minimum Gasteiger partial charge on any atom is -0.496 e. The molecule has 0 spiro atoms. The van der Waals surface area contributed by atoms with E-state index in [-0.39, 0.29) is 12.3 Å². The number of hydrogen-bond acceptors (Lipinski definition) is 5. The lowest BCUT2D eigenvalue weighted by Gasteiger charge is -2.29. The summed E-state index contributed by atoms with van der Waals surface area (Å²) >= 11 is 0. The third-order valence-electron chi connectivity index (χ3n) is 7.31. The van der Waals surface area contributed by atoms with Gasteiger partial charge in [0.15, 0.2) is 0 Å². The third kappa shape index (κ3) is 6.17. The van der Waals surface area contributed by atoms with Crippen LogP contribution in [0.5, 0.6) is 11.5 Å². The van der Waals surface area contributed by atoms with Crippen molar-refractivity contribution < 1.29 is 29.6 Å². The summed E-state index contributed by atoms with van der Waals surface area (Å²) in [6.45, 7) is 3.88. The summed E-state index contributed by atoms with van der Waals surface area (Å²) in [6, 6.07) is 13.9. The maximum Gasteiger partial charge on any atom is 0.307 e. The molecule has 7 heteroatoms. The van der Waals surface area contributed by atoms with Gasteiger partial charge < -0.3 is 29.4 Å². The summed E-state index contributed by atoms with van der Waals surface area (Å²) < 4.78 is 13.2. The highest BCUT2D eigenvalue weighted by Crippen LogP contribution is 2.42. The molecule has 2 atom stereocenters. The number of hydrogen-bond donors (Lipinski definition) is 3. The molecule has 0 aliphatic heterocycles. The molecule has 0 amide bonds. The molecule has 3 N–H and O–H groups in total. The Morgan fingerprint density at radius 2 is 1.68 bits per heavy atom. The largest absolute Gasteiger partial charge is 0.496 e. The Labute approximate surface area is 218 Å². The number of benzene rings is 2. The fraction of sp³-hybridized carbons (Fsp3) is 0.433. The van der Waals surface area contributed by atoms with E-state index < -0.39 is 17.7 Å². The van der Waals surface area contributed by atoms with Crippen molar-refractivity contribution in [3.05, 3.63) is 82.7 Å². The van der Waals surface area contributed by atoms with Crippen molar-refractivity contribution in [3.63, 3.8) is 0 Å². The molecule has 0 radical (unpaired) electrons. The number of aromatic nitrogens is 1. The first-order valence-electron chi connectivity index (χ1n) is 12.7. The molecule has 198 valence electrons. The molecule has 37 heavy (non-hydrogen) atoms.